The Balaban J connectivity index is 1.45. The molecular formula is C19H28N4O. The zero-order valence-corrected chi connectivity index (χ0v) is 15.0. The van der Waals surface area contributed by atoms with Crippen LogP contribution in [0.2, 0.25) is 0 Å². The van der Waals surface area contributed by atoms with Crippen molar-refractivity contribution < 1.29 is 4.42 Å². The molecule has 2 aromatic rings. The van der Waals surface area contributed by atoms with E-state index in [4.69, 9.17) is 4.42 Å². The number of nitrogens with zero attached hydrogens (tertiary/aromatic N) is 4. The van der Waals surface area contributed by atoms with Crippen molar-refractivity contribution in [3.05, 3.63) is 47.9 Å². The van der Waals surface area contributed by atoms with Gasteiger partial charge in [0.1, 0.15) is 5.76 Å². The molecule has 0 amide bonds. The predicted octanol–water partition coefficient (Wildman–Crippen LogP) is 2.94. The molecule has 0 saturated carbocycles. The van der Waals surface area contributed by atoms with E-state index in [0.29, 0.717) is 12.0 Å². The third-order valence-corrected chi connectivity index (χ3v) is 4.81. The first-order chi connectivity index (χ1) is 11.6. The third kappa shape index (κ3) is 4.42. The summed E-state index contributed by atoms with van der Waals surface area (Å²) in [7, 11) is 2.17. The Kier molecular flexibility index (Phi) is 5.63. The maximum atomic E-state index is 5.83. The second kappa shape index (κ2) is 7.90. The van der Waals surface area contributed by atoms with Gasteiger partial charge in [0.2, 0.25) is 5.89 Å². The van der Waals surface area contributed by atoms with Gasteiger partial charge in [-0.15, -0.1) is 0 Å². The van der Waals surface area contributed by atoms with Crippen molar-refractivity contribution in [1.29, 1.82) is 0 Å². The Hall–Kier alpha value is -1.72. The zero-order chi connectivity index (χ0) is 16.9. The normalized spacial score (nSPS) is 18.8. The minimum Gasteiger partial charge on any atom is -0.444 e. The van der Waals surface area contributed by atoms with E-state index in [-0.39, 0.29) is 0 Å². The van der Waals surface area contributed by atoms with Crippen LogP contribution >= 0.6 is 0 Å². The van der Waals surface area contributed by atoms with Gasteiger partial charge in [-0.3, -0.25) is 9.88 Å². The summed E-state index contributed by atoms with van der Waals surface area (Å²) < 4.78 is 5.83. The lowest BCUT2D eigenvalue weighted by Crippen LogP contribution is -2.34. The molecule has 1 atom stereocenters. The Labute approximate surface area is 144 Å². The zero-order valence-electron chi connectivity index (χ0n) is 15.0. The highest BCUT2D eigenvalue weighted by Crippen LogP contribution is 2.19. The third-order valence-electron chi connectivity index (χ3n) is 4.81. The van der Waals surface area contributed by atoms with E-state index in [9.17, 15) is 0 Å². The first-order valence-corrected chi connectivity index (χ1v) is 8.89. The Morgan fingerprint density at radius 1 is 1.33 bits per heavy atom. The minimum absolute atomic E-state index is 0.394. The maximum absolute atomic E-state index is 5.83. The molecule has 1 fully saturated rings. The summed E-state index contributed by atoms with van der Waals surface area (Å²) in [6.07, 6.45) is 5.96. The van der Waals surface area contributed by atoms with Crippen molar-refractivity contribution in [2.75, 3.05) is 26.7 Å². The van der Waals surface area contributed by atoms with E-state index in [1.807, 2.05) is 18.5 Å². The molecule has 0 bridgehead atoms. The van der Waals surface area contributed by atoms with Crippen molar-refractivity contribution >= 4 is 0 Å². The van der Waals surface area contributed by atoms with E-state index < -0.39 is 0 Å². The SMILES string of the molecule is CC(C)c1cnc(CN(C)[C@H]2CCN(CCc3ccccn3)C2)o1. The first-order valence-electron chi connectivity index (χ1n) is 8.89. The first kappa shape index (κ1) is 17.1. The van der Waals surface area contributed by atoms with Gasteiger partial charge in [-0.25, -0.2) is 4.98 Å². The fraction of sp³-hybridized carbons (Fsp3) is 0.579. The van der Waals surface area contributed by atoms with Gasteiger partial charge >= 0.3 is 0 Å². The number of hydrogen-bond acceptors (Lipinski definition) is 5. The van der Waals surface area contributed by atoms with E-state index in [1.165, 1.54) is 12.1 Å². The van der Waals surface area contributed by atoms with Crippen molar-refractivity contribution in [3.63, 3.8) is 0 Å². The summed E-state index contributed by atoms with van der Waals surface area (Å²) in [4.78, 5) is 13.7. The molecule has 130 valence electrons. The molecule has 0 aromatic carbocycles. The van der Waals surface area contributed by atoms with E-state index in [0.717, 1.165) is 44.3 Å². The van der Waals surface area contributed by atoms with Crippen LogP contribution in [-0.4, -0.2) is 52.5 Å². The summed E-state index contributed by atoms with van der Waals surface area (Å²) in [5, 5.41) is 0. The molecule has 5 nitrogen and oxygen atoms in total. The number of hydrogen-bond donors (Lipinski definition) is 0. The Bertz CT molecular complexity index is 625. The molecule has 0 spiro atoms. The largest absolute Gasteiger partial charge is 0.444 e. The van der Waals surface area contributed by atoms with E-state index in [2.05, 4.69) is 52.8 Å². The van der Waals surface area contributed by atoms with Gasteiger partial charge in [-0.1, -0.05) is 19.9 Å². The topological polar surface area (TPSA) is 45.4 Å². The smallest absolute Gasteiger partial charge is 0.208 e. The lowest BCUT2D eigenvalue weighted by molar-refractivity contribution is 0.205. The summed E-state index contributed by atoms with van der Waals surface area (Å²) >= 11 is 0. The monoisotopic (exact) mass is 328 g/mol. The molecule has 2 aromatic heterocycles. The minimum atomic E-state index is 0.394. The molecule has 1 saturated heterocycles. The molecule has 0 radical (unpaired) electrons. The molecule has 0 aliphatic carbocycles. The van der Waals surface area contributed by atoms with Crippen molar-refractivity contribution in [2.24, 2.45) is 0 Å². The molecule has 0 unspecified atom stereocenters. The maximum Gasteiger partial charge on any atom is 0.208 e. The lowest BCUT2D eigenvalue weighted by atomic mass is 10.2. The molecule has 24 heavy (non-hydrogen) atoms. The molecule has 3 heterocycles. The van der Waals surface area contributed by atoms with Crippen LogP contribution in [0, 0.1) is 0 Å². The highest BCUT2D eigenvalue weighted by molar-refractivity contribution is 5.04. The summed E-state index contributed by atoms with van der Waals surface area (Å²) in [5.41, 5.74) is 1.18. The standard InChI is InChI=1S/C19H28N4O/c1-15(2)18-12-21-19(24-18)14-22(3)17-8-11-23(13-17)10-7-16-6-4-5-9-20-16/h4-6,9,12,15,17H,7-8,10-11,13-14H2,1-3H3/t17-/m0/s1. The van der Waals surface area contributed by atoms with Crippen LogP contribution in [0.3, 0.4) is 0 Å². The van der Waals surface area contributed by atoms with E-state index in [1.54, 1.807) is 0 Å². The van der Waals surface area contributed by atoms with Gasteiger partial charge in [0.05, 0.1) is 12.7 Å². The van der Waals surface area contributed by atoms with Gasteiger partial charge in [0, 0.05) is 43.4 Å². The van der Waals surface area contributed by atoms with Crippen molar-refractivity contribution in [2.45, 2.75) is 45.2 Å². The fourth-order valence-electron chi connectivity index (χ4n) is 3.20. The van der Waals surface area contributed by atoms with Gasteiger partial charge < -0.3 is 9.32 Å². The molecule has 0 N–H and O–H groups in total. The number of aromatic nitrogens is 2. The predicted molar refractivity (Wildman–Crippen MR) is 94.8 cm³/mol. The number of likely N-dealkylation sites (tertiary alicyclic amines) is 1. The number of rotatable bonds is 7. The summed E-state index contributed by atoms with van der Waals surface area (Å²) in [6.45, 7) is 8.39. The Morgan fingerprint density at radius 2 is 2.21 bits per heavy atom. The van der Waals surface area contributed by atoms with Crippen LogP contribution in [-0.2, 0) is 13.0 Å². The molecule has 5 heteroatoms. The second-order valence-electron chi connectivity index (χ2n) is 7.04. The lowest BCUT2D eigenvalue weighted by Gasteiger charge is -2.23. The highest BCUT2D eigenvalue weighted by atomic mass is 16.4. The van der Waals surface area contributed by atoms with Crippen LogP contribution in [0.4, 0.5) is 0 Å². The molecular weight excluding hydrogens is 300 g/mol. The van der Waals surface area contributed by atoms with Crippen LogP contribution < -0.4 is 0 Å². The number of oxazole rings is 1. The van der Waals surface area contributed by atoms with Crippen molar-refractivity contribution in [3.8, 4) is 0 Å². The van der Waals surface area contributed by atoms with Crippen molar-refractivity contribution in [1.82, 2.24) is 19.8 Å². The number of likely N-dealkylation sites (N-methyl/N-ethyl adjacent to an activating group) is 1. The average Bonchev–Trinajstić information content (AvgIpc) is 3.23. The second-order valence-corrected chi connectivity index (χ2v) is 7.04. The molecule has 1 aliphatic heterocycles. The van der Waals surface area contributed by atoms with Crippen LogP contribution in [0.15, 0.2) is 35.0 Å². The fourth-order valence-corrected chi connectivity index (χ4v) is 3.20. The average molecular weight is 328 g/mol. The van der Waals surface area contributed by atoms with Gasteiger partial charge in [-0.2, -0.15) is 0 Å². The van der Waals surface area contributed by atoms with Gasteiger partial charge in [-0.05, 0) is 32.1 Å². The van der Waals surface area contributed by atoms with E-state index >= 15 is 0 Å². The molecule has 1 aliphatic rings. The van der Waals surface area contributed by atoms with Crippen LogP contribution in [0.1, 0.15) is 43.5 Å². The molecule has 3 rings (SSSR count). The summed E-state index contributed by atoms with van der Waals surface area (Å²) in [5.74, 6) is 2.19. The number of pyridine rings is 1. The van der Waals surface area contributed by atoms with Gasteiger partial charge in [0.15, 0.2) is 0 Å². The van der Waals surface area contributed by atoms with Crippen LogP contribution in [0.25, 0.3) is 0 Å². The quantitative estimate of drug-likeness (QED) is 0.782. The van der Waals surface area contributed by atoms with Gasteiger partial charge in [0.25, 0.3) is 0 Å². The summed E-state index contributed by atoms with van der Waals surface area (Å²) in [6, 6.07) is 6.71. The van der Waals surface area contributed by atoms with Crippen LogP contribution in [0.5, 0.6) is 0 Å². The highest BCUT2D eigenvalue weighted by Gasteiger charge is 2.26. The Morgan fingerprint density at radius 3 is 2.92 bits per heavy atom.